The zero-order valence-electron chi connectivity index (χ0n) is 11.7. The summed E-state index contributed by atoms with van der Waals surface area (Å²) in [4.78, 5) is 13.5. The van der Waals surface area contributed by atoms with Crippen LogP contribution in [-0.4, -0.2) is 59.3 Å². The van der Waals surface area contributed by atoms with Crippen molar-refractivity contribution in [2.24, 2.45) is 17.6 Å². The highest BCUT2D eigenvalue weighted by Crippen LogP contribution is 2.38. The number of rotatable bonds is 6. The van der Waals surface area contributed by atoms with Crippen LogP contribution in [0.4, 0.5) is 0 Å². The van der Waals surface area contributed by atoms with Crippen molar-refractivity contribution >= 4 is 13.1 Å². The predicted octanol–water partition coefficient (Wildman–Crippen LogP) is -0.391. The molecular formula is C12H25BN2O4. The van der Waals surface area contributed by atoms with Gasteiger partial charge in [0, 0.05) is 12.5 Å². The van der Waals surface area contributed by atoms with E-state index >= 15 is 0 Å². The second-order valence-electron chi connectivity index (χ2n) is 6.01. The number of nitrogens with zero attached hydrogens (tertiary/aromatic N) is 1. The molecule has 7 heteroatoms. The predicted molar refractivity (Wildman–Crippen MR) is 73.6 cm³/mol. The van der Waals surface area contributed by atoms with Gasteiger partial charge in [-0.1, -0.05) is 6.42 Å². The van der Waals surface area contributed by atoms with Crippen LogP contribution in [0.5, 0.6) is 0 Å². The highest BCUT2D eigenvalue weighted by atomic mass is 16.4. The van der Waals surface area contributed by atoms with Crippen LogP contribution < -0.4 is 5.73 Å². The molecule has 1 fully saturated rings. The third-order valence-corrected chi connectivity index (χ3v) is 4.10. The number of nitrogens with two attached hydrogens (primary N) is 1. The van der Waals surface area contributed by atoms with Crippen LogP contribution in [0.15, 0.2) is 0 Å². The molecule has 2 unspecified atom stereocenters. The van der Waals surface area contributed by atoms with Gasteiger partial charge in [0.1, 0.15) is 5.54 Å². The molecule has 1 rings (SSSR count). The van der Waals surface area contributed by atoms with E-state index in [1.54, 1.807) is 0 Å². The lowest BCUT2D eigenvalue weighted by atomic mass is 9.66. The molecule has 1 saturated carbocycles. The summed E-state index contributed by atoms with van der Waals surface area (Å²) < 4.78 is 0. The maximum Gasteiger partial charge on any atom is 0.451 e. The summed E-state index contributed by atoms with van der Waals surface area (Å²) >= 11 is 0. The van der Waals surface area contributed by atoms with Gasteiger partial charge in [-0.15, -0.1) is 0 Å². The standard InChI is InChI=1S/C12H25BN2O4/c1-15(2)8-10-4-3-9(5-6-13(18)19)7-12(10,14)11(16)17/h9-10,18-19H,3-8,14H2,1-2H3,(H,16,17)/t9?,10?,12-/m0/s1. The Kier molecular flexibility index (Phi) is 5.79. The lowest BCUT2D eigenvalue weighted by molar-refractivity contribution is -0.148. The summed E-state index contributed by atoms with van der Waals surface area (Å²) in [6.07, 6.45) is 2.97. The van der Waals surface area contributed by atoms with Gasteiger partial charge < -0.3 is 25.8 Å². The van der Waals surface area contributed by atoms with Crippen molar-refractivity contribution in [2.75, 3.05) is 20.6 Å². The molecule has 1 aliphatic carbocycles. The highest BCUT2D eigenvalue weighted by molar-refractivity contribution is 6.40. The SMILES string of the molecule is CN(C)CC1CCC(CCB(O)O)C[C@@]1(N)C(=O)O. The van der Waals surface area contributed by atoms with Crippen LogP contribution >= 0.6 is 0 Å². The zero-order valence-corrected chi connectivity index (χ0v) is 11.7. The fourth-order valence-electron chi connectivity index (χ4n) is 3.03. The maximum absolute atomic E-state index is 11.5. The minimum Gasteiger partial charge on any atom is -0.480 e. The highest BCUT2D eigenvalue weighted by Gasteiger charge is 2.46. The summed E-state index contributed by atoms with van der Waals surface area (Å²) in [6.45, 7) is 0.665. The monoisotopic (exact) mass is 272 g/mol. The van der Waals surface area contributed by atoms with Crippen LogP contribution in [0, 0.1) is 11.8 Å². The lowest BCUT2D eigenvalue weighted by Gasteiger charge is -2.42. The Labute approximate surface area is 114 Å². The number of carbonyl (C=O) groups is 1. The average Bonchev–Trinajstić information content (AvgIpc) is 2.29. The summed E-state index contributed by atoms with van der Waals surface area (Å²) in [6, 6.07) is 0. The molecule has 0 bridgehead atoms. The van der Waals surface area contributed by atoms with Crippen LogP contribution in [-0.2, 0) is 4.79 Å². The van der Waals surface area contributed by atoms with Crippen molar-refractivity contribution in [3.63, 3.8) is 0 Å². The Balaban J connectivity index is 2.69. The number of hydrogen-bond acceptors (Lipinski definition) is 5. The smallest absolute Gasteiger partial charge is 0.451 e. The van der Waals surface area contributed by atoms with Crippen molar-refractivity contribution in [3.05, 3.63) is 0 Å². The average molecular weight is 272 g/mol. The number of carboxylic acid groups (broad SMARTS) is 1. The van der Waals surface area contributed by atoms with E-state index in [-0.39, 0.29) is 18.2 Å². The van der Waals surface area contributed by atoms with E-state index in [9.17, 15) is 9.90 Å². The molecule has 0 aromatic rings. The molecule has 0 radical (unpaired) electrons. The second-order valence-corrected chi connectivity index (χ2v) is 6.01. The Morgan fingerprint density at radius 2 is 2.05 bits per heavy atom. The first kappa shape index (κ1) is 16.4. The Bertz CT molecular complexity index is 314. The van der Waals surface area contributed by atoms with Crippen molar-refractivity contribution in [1.29, 1.82) is 0 Å². The first-order valence-corrected chi connectivity index (χ1v) is 6.79. The van der Waals surface area contributed by atoms with E-state index in [1.165, 1.54) is 0 Å². The molecule has 0 spiro atoms. The third kappa shape index (κ3) is 4.45. The summed E-state index contributed by atoms with van der Waals surface area (Å²) in [5, 5.41) is 27.2. The first-order valence-electron chi connectivity index (χ1n) is 6.79. The molecule has 110 valence electrons. The molecule has 5 N–H and O–H groups in total. The van der Waals surface area contributed by atoms with Crippen molar-refractivity contribution in [1.82, 2.24) is 4.90 Å². The molecule has 0 aromatic heterocycles. The number of aliphatic carboxylic acids is 1. The van der Waals surface area contributed by atoms with E-state index in [0.29, 0.717) is 19.4 Å². The quantitative estimate of drug-likeness (QED) is 0.490. The van der Waals surface area contributed by atoms with Crippen molar-refractivity contribution in [2.45, 2.75) is 37.5 Å². The molecule has 3 atom stereocenters. The van der Waals surface area contributed by atoms with Gasteiger partial charge >= 0.3 is 13.1 Å². The zero-order chi connectivity index (χ0) is 14.6. The summed E-state index contributed by atoms with van der Waals surface area (Å²) in [7, 11) is 2.50. The van der Waals surface area contributed by atoms with E-state index < -0.39 is 18.6 Å². The van der Waals surface area contributed by atoms with Gasteiger partial charge in [0.25, 0.3) is 0 Å². The lowest BCUT2D eigenvalue weighted by Crippen LogP contribution is -2.59. The molecule has 19 heavy (non-hydrogen) atoms. The van der Waals surface area contributed by atoms with Crippen LogP contribution in [0.25, 0.3) is 0 Å². The Morgan fingerprint density at radius 3 is 2.53 bits per heavy atom. The van der Waals surface area contributed by atoms with Crippen LogP contribution in [0.3, 0.4) is 0 Å². The van der Waals surface area contributed by atoms with E-state index in [4.69, 9.17) is 15.8 Å². The van der Waals surface area contributed by atoms with Gasteiger partial charge in [0.05, 0.1) is 0 Å². The molecule has 0 aromatic carbocycles. The minimum atomic E-state index is -1.32. The third-order valence-electron chi connectivity index (χ3n) is 4.10. The molecular weight excluding hydrogens is 247 g/mol. The van der Waals surface area contributed by atoms with Crippen LogP contribution in [0.1, 0.15) is 25.7 Å². The van der Waals surface area contributed by atoms with Crippen molar-refractivity contribution in [3.8, 4) is 0 Å². The first-order chi connectivity index (χ1) is 8.75. The maximum atomic E-state index is 11.5. The number of carboxylic acids is 1. The largest absolute Gasteiger partial charge is 0.480 e. The van der Waals surface area contributed by atoms with E-state index in [0.717, 1.165) is 12.8 Å². The second kappa shape index (κ2) is 6.70. The Hall–Kier alpha value is -0.625. The molecule has 1 aliphatic rings. The Morgan fingerprint density at radius 1 is 1.42 bits per heavy atom. The molecule has 0 saturated heterocycles. The van der Waals surface area contributed by atoms with Crippen molar-refractivity contribution < 1.29 is 19.9 Å². The minimum absolute atomic E-state index is 0.0599. The molecule has 0 aliphatic heterocycles. The summed E-state index contributed by atoms with van der Waals surface area (Å²) in [5.41, 5.74) is 4.94. The van der Waals surface area contributed by atoms with Crippen LogP contribution in [0.2, 0.25) is 6.32 Å². The van der Waals surface area contributed by atoms with Gasteiger partial charge in [-0.3, -0.25) is 4.79 Å². The van der Waals surface area contributed by atoms with Gasteiger partial charge in [-0.25, -0.2) is 0 Å². The summed E-state index contributed by atoms with van der Waals surface area (Å²) in [5.74, 6) is -0.856. The molecule has 0 amide bonds. The fourth-order valence-corrected chi connectivity index (χ4v) is 3.03. The molecule has 6 nitrogen and oxygen atoms in total. The van der Waals surface area contributed by atoms with Gasteiger partial charge in [-0.2, -0.15) is 0 Å². The van der Waals surface area contributed by atoms with E-state index in [2.05, 4.69) is 0 Å². The van der Waals surface area contributed by atoms with E-state index in [1.807, 2.05) is 19.0 Å². The fraction of sp³-hybridized carbons (Fsp3) is 0.917. The number of hydrogen-bond donors (Lipinski definition) is 4. The normalized spacial score (nSPS) is 31.5. The topological polar surface area (TPSA) is 107 Å². The van der Waals surface area contributed by atoms with Gasteiger partial charge in [0.15, 0.2) is 0 Å². The van der Waals surface area contributed by atoms with Gasteiger partial charge in [-0.05, 0) is 45.6 Å². The molecule has 0 heterocycles. The van der Waals surface area contributed by atoms with Gasteiger partial charge in [0.2, 0.25) is 0 Å².